The Kier molecular flexibility index (Phi) is 10.0. The summed E-state index contributed by atoms with van der Waals surface area (Å²) in [5.74, 6) is 0.644. The molecule has 0 radical (unpaired) electrons. The van der Waals surface area contributed by atoms with Crippen LogP contribution < -0.4 is 10.8 Å². The van der Waals surface area contributed by atoms with E-state index in [4.69, 9.17) is 14.5 Å². The number of alkyl carbamates (subject to hydrolysis) is 1. The van der Waals surface area contributed by atoms with Crippen molar-refractivity contribution in [1.82, 2.24) is 19.8 Å². The van der Waals surface area contributed by atoms with E-state index in [0.717, 1.165) is 43.2 Å². The second kappa shape index (κ2) is 12.8. The minimum Gasteiger partial charge on any atom is -0.453 e. The third-order valence-corrected chi connectivity index (χ3v) is 8.69. The van der Waals surface area contributed by atoms with Gasteiger partial charge < -0.3 is 24.3 Å². The molecule has 0 bridgehead atoms. The molecule has 10 heteroatoms. The summed E-state index contributed by atoms with van der Waals surface area (Å²) in [6.45, 7) is 14.7. The van der Waals surface area contributed by atoms with Crippen LogP contribution in [0.4, 0.5) is 4.79 Å². The number of nitrogens with one attached hydrogen (secondary N) is 1. The van der Waals surface area contributed by atoms with Gasteiger partial charge in [0.2, 0.25) is 5.91 Å². The molecule has 3 rings (SSSR count). The maximum Gasteiger partial charge on any atom is 0.407 e. The van der Waals surface area contributed by atoms with Gasteiger partial charge in [0.1, 0.15) is 18.6 Å². The lowest BCUT2D eigenvalue weighted by molar-refractivity contribution is -0.135. The van der Waals surface area contributed by atoms with Gasteiger partial charge in [-0.1, -0.05) is 70.0 Å². The Morgan fingerprint density at radius 2 is 1.92 bits per heavy atom. The number of carbonyl (C=O) groups excluding carboxylic acids is 2. The van der Waals surface area contributed by atoms with E-state index in [1.165, 1.54) is 12.6 Å². The second-order valence-electron chi connectivity index (χ2n) is 11.4. The molecule has 2 amide bonds. The van der Waals surface area contributed by atoms with Crippen LogP contribution in [0.3, 0.4) is 0 Å². The first-order chi connectivity index (χ1) is 17.6. The third-order valence-electron chi connectivity index (χ3n) is 6.99. The largest absolute Gasteiger partial charge is 0.453 e. The van der Waals surface area contributed by atoms with E-state index in [0.29, 0.717) is 19.9 Å². The molecule has 0 aliphatic carbocycles. The number of imidazole rings is 1. The number of ether oxygens (including phenoxy) is 2. The summed E-state index contributed by atoms with van der Waals surface area (Å²) in [4.78, 5) is 32.3. The number of methoxy groups -OCH3 is 1. The van der Waals surface area contributed by atoms with Gasteiger partial charge >= 0.3 is 6.09 Å². The van der Waals surface area contributed by atoms with Crippen LogP contribution in [0.25, 0.3) is 11.3 Å². The molecule has 1 aliphatic rings. The van der Waals surface area contributed by atoms with Crippen molar-refractivity contribution in [2.24, 2.45) is 5.92 Å². The van der Waals surface area contributed by atoms with E-state index in [2.05, 4.69) is 60.6 Å². The monoisotopic (exact) mass is 526 g/mol. The number of carbonyl (C=O) groups is 2. The average molecular weight is 527 g/mol. The van der Waals surface area contributed by atoms with Gasteiger partial charge in [0.05, 0.1) is 25.0 Å². The highest BCUT2D eigenvalue weighted by Crippen LogP contribution is 2.35. The summed E-state index contributed by atoms with van der Waals surface area (Å²) in [7, 11) is 1.08. The van der Waals surface area contributed by atoms with Gasteiger partial charge in [-0.25, -0.2) is 9.78 Å². The van der Waals surface area contributed by atoms with Crippen molar-refractivity contribution in [3.8, 4) is 11.3 Å². The third kappa shape index (κ3) is 7.47. The summed E-state index contributed by atoms with van der Waals surface area (Å²) < 4.78 is 13.1. The SMILES string of the molecule is CBc1ccc(-c2cnc([C@@H]3CCCN3C(=O)[C@@H](NC(=O)OC)C(C)C)n2COCC[Si](C)(C)C)cc1. The predicted octanol–water partition coefficient (Wildman–Crippen LogP) is 4.02. The topological polar surface area (TPSA) is 85.7 Å². The molecular formula is C27H43BN4O4Si. The molecule has 1 aromatic heterocycles. The Labute approximate surface area is 223 Å². The fourth-order valence-corrected chi connectivity index (χ4v) is 5.40. The fourth-order valence-electron chi connectivity index (χ4n) is 4.64. The number of likely N-dealkylation sites (tertiary alicyclic amines) is 1. The van der Waals surface area contributed by atoms with E-state index in [1.54, 1.807) is 0 Å². The number of rotatable bonds is 11. The highest BCUT2D eigenvalue weighted by atomic mass is 28.3. The number of aromatic nitrogens is 2. The van der Waals surface area contributed by atoms with Crippen molar-refractivity contribution in [2.75, 3.05) is 20.3 Å². The van der Waals surface area contributed by atoms with Crippen LogP contribution in [0, 0.1) is 5.92 Å². The van der Waals surface area contributed by atoms with Gasteiger partial charge in [-0.05, 0) is 30.4 Å². The number of nitrogens with zero attached hydrogens (tertiary/aromatic N) is 3. The maximum absolute atomic E-state index is 13.6. The maximum atomic E-state index is 13.6. The van der Waals surface area contributed by atoms with Gasteiger partial charge in [0.25, 0.3) is 0 Å². The highest BCUT2D eigenvalue weighted by Gasteiger charge is 2.38. The Hall–Kier alpha value is -2.59. The summed E-state index contributed by atoms with van der Waals surface area (Å²) in [6, 6.07) is 8.80. The van der Waals surface area contributed by atoms with Crippen LogP contribution in [-0.2, 0) is 21.0 Å². The lowest BCUT2D eigenvalue weighted by atomic mass is 9.73. The van der Waals surface area contributed by atoms with Crippen LogP contribution >= 0.6 is 0 Å². The zero-order valence-corrected chi connectivity index (χ0v) is 24.5. The summed E-state index contributed by atoms with van der Waals surface area (Å²) in [5, 5.41) is 2.73. The van der Waals surface area contributed by atoms with E-state index in [1.807, 2.05) is 24.9 Å². The minimum absolute atomic E-state index is 0.0786. The molecule has 202 valence electrons. The molecular weight excluding hydrogens is 483 g/mol. The molecule has 1 aromatic carbocycles. The van der Waals surface area contributed by atoms with Crippen LogP contribution in [0.2, 0.25) is 32.5 Å². The van der Waals surface area contributed by atoms with E-state index >= 15 is 0 Å². The smallest absolute Gasteiger partial charge is 0.407 e. The molecule has 1 aliphatic heterocycles. The quantitative estimate of drug-likeness (QED) is 0.353. The Morgan fingerprint density at radius 3 is 2.51 bits per heavy atom. The van der Waals surface area contributed by atoms with Crippen LogP contribution in [0.15, 0.2) is 30.5 Å². The van der Waals surface area contributed by atoms with Gasteiger partial charge in [-0.15, -0.1) is 0 Å². The van der Waals surface area contributed by atoms with E-state index in [9.17, 15) is 9.59 Å². The molecule has 2 aromatic rings. The van der Waals surface area contributed by atoms with Crippen LogP contribution in [0.5, 0.6) is 0 Å². The van der Waals surface area contributed by atoms with Crippen molar-refractivity contribution >= 4 is 32.8 Å². The van der Waals surface area contributed by atoms with Crippen molar-refractivity contribution in [1.29, 1.82) is 0 Å². The van der Waals surface area contributed by atoms with Crippen LogP contribution in [-0.4, -0.2) is 68.1 Å². The summed E-state index contributed by atoms with van der Waals surface area (Å²) in [5.41, 5.74) is 3.35. The molecule has 2 atom stereocenters. The molecule has 2 heterocycles. The van der Waals surface area contributed by atoms with Gasteiger partial charge in [0, 0.05) is 21.2 Å². The van der Waals surface area contributed by atoms with Crippen molar-refractivity contribution in [3.63, 3.8) is 0 Å². The first-order valence-electron chi connectivity index (χ1n) is 13.4. The first-order valence-corrected chi connectivity index (χ1v) is 17.1. The van der Waals surface area contributed by atoms with E-state index < -0.39 is 20.2 Å². The lowest BCUT2D eigenvalue weighted by Gasteiger charge is -2.31. The number of benzene rings is 1. The normalized spacial score (nSPS) is 16.6. The number of hydrogen-bond acceptors (Lipinski definition) is 5. The predicted molar refractivity (Wildman–Crippen MR) is 152 cm³/mol. The summed E-state index contributed by atoms with van der Waals surface area (Å²) in [6.07, 6.45) is 2.99. The Balaban J connectivity index is 1.92. The zero-order chi connectivity index (χ0) is 27.2. The second-order valence-corrected chi connectivity index (χ2v) is 17.0. The number of hydrogen-bond donors (Lipinski definition) is 1. The Morgan fingerprint density at radius 1 is 1.22 bits per heavy atom. The van der Waals surface area contributed by atoms with Crippen LogP contribution in [0.1, 0.15) is 38.6 Å². The van der Waals surface area contributed by atoms with Crippen molar-refractivity contribution < 1.29 is 19.1 Å². The van der Waals surface area contributed by atoms with E-state index in [-0.39, 0.29) is 17.9 Å². The van der Waals surface area contributed by atoms with Crippen molar-refractivity contribution in [2.45, 2.75) is 78.0 Å². The molecule has 8 nitrogen and oxygen atoms in total. The minimum atomic E-state index is -1.22. The molecule has 1 N–H and O–H groups in total. The molecule has 1 saturated heterocycles. The first kappa shape index (κ1) is 29.0. The molecule has 37 heavy (non-hydrogen) atoms. The van der Waals surface area contributed by atoms with Crippen molar-refractivity contribution in [3.05, 3.63) is 36.3 Å². The standard InChI is InChI=1S/C27H43BN4O4Si/c1-19(2)24(30-27(34)35-4)26(33)31-14-8-9-22(31)25-29-17-23(20-10-12-21(28-3)13-11-20)32(25)18-36-15-16-37(5,6)7/h10-13,17,19,22,24,28H,8-9,14-16,18H2,1-7H3,(H,30,34)/t22-,24-/m0/s1. The molecule has 0 spiro atoms. The Bertz CT molecular complexity index is 1050. The van der Waals surface area contributed by atoms with Gasteiger partial charge in [0.15, 0.2) is 7.28 Å². The highest BCUT2D eigenvalue weighted by molar-refractivity contribution is 6.76. The zero-order valence-electron chi connectivity index (χ0n) is 23.5. The van der Waals surface area contributed by atoms with Gasteiger partial charge in [-0.3, -0.25) is 4.79 Å². The summed E-state index contributed by atoms with van der Waals surface area (Å²) >= 11 is 0. The lowest BCUT2D eigenvalue weighted by Crippen LogP contribution is -2.51. The number of amides is 2. The molecule has 1 fully saturated rings. The van der Waals surface area contributed by atoms with Gasteiger partial charge in [-0.2, -0.15) is 0 Å². The molecule has 0 unspecified atom stereocenters. The molecule has 0 saturated carbocycles. The fraction of sp³-hybridized carbons (Fsp3) is 0.593. The average Bonchev–Trinajstić information content (AvgIpc) is 3.51.